The van der Waals surface area contributed by atoms with Crippen LogP contribution >= 0.6 is 0 Å². The van der Waals surface area contributed by atoms with Crippen LogP contribution in [0.1, 0.15) is 39.8 Å². The van der Waals surface area contributed by atoms with Gasteiger partial charge in [-0.3, -0.25) is 19.6 Å². The Hall–Kier alpha value is -3.88. The number of carbonyl (C=O) groups excluding carboxylic acids is 1. The molecular formula is C24H26N4O5. The second-order valence-electron chi connectivity index (χ2n) is 7.89. The van der Waals surface area contributed by atoms with E-state index in [0.29, 0.717) is 61.3 Å². The van der Waals surface area contributed by atoms with Gasteiger partial charge in [-0.1, -0.05) is 24.3 Å². The molecular weight excluding hydrogens is 424 g/mol. The number of amides is 1. The minimum Gasteiger partial charge on any atom is -0.486 e. The summed E-state index contributed by atoms with van der Waals surface area (Å²) in [6.45, 7) is 7.61. The maximum absolute atomic E-state index is 13.2. The average molecular weight is 450 g/mol. The Bertz CT molecular complexity index is 1190. The second kappa shape index (κ2) is 9.32. The summed E-state index contributed by atoms with van der Waals surface area (Å²) < 4.78 is 13.0. The van der Waals surface area contributed by atoms with Crippen molar-refractivity contribution in [3.8, 4) is 11.5 Å². The molecule has 1 amide bonds. The zero-order chi connectivity index (χ0) is 23.5. The SMILES string of the molecule is CCN(Cc1cccc2c1OCCO2)C(=O)c1ccc(Cn2nc(C)c([N+](=O)[O-])c2C)cc1. The quantitative estimate of drug-likeness (QED) is 0.400. The fourth-order valence-electron chi connectivity index (χ4n) is 4.01. The predicted octanol–water partition coefficient (Wildman–Crippen LogP) is 3.89. The molecule has 3 aromatic rings. The van der Waals surface area contributed by atoms with Crippen molar-refractivity contribution in [3.05, 3.63) is 80.7 Å². The van der Waals surface area contributed by atoms with E-state index in [-0.39, 0.29) is 11.6 Å². The van der Waals surface area contributed by atoms with E-state index in [1.807, 2.05) is 37.3 Å². The first kappa shape index (κ1) is 22.3. The number of ether oxygens (including phenoxy) is 2. The Morgan fingerprint density at radius 1 is 1.15 bits per heavy atom. The smallest absolute Gasteiger partial charge is 0.312 e. The topological polar surface area (TPSA) is 99.7 Å². The normalized spacial score (nSPS) is 12.5. The van der Waals surface area contributed by atoms with Gasteiger partial charge < -0.3 is 14.4 Å². The third kappa shape index (κ3) is 4.52. The Balaban J connectivity index is 1.49. The number of nitrogens with zero attached hydrogens (tertiary/aromatic N) is 4. The van der Waals surface area contributed by atoms with Gasteiger partial charge in [0.15, 0.2) is 11.5 Å². The molecule has 1 aromatic heterocycles. The van der Waals surface area contributed by atoms with Crippen LogP contribution < -0.4 is 9.47 Å². The summed E-state index contributed by atoms with van der Waals surface area (Å²) in [4.78, 5) is 25.7. The highest BCUT2D eigenvalue weighted by Crippen LogP contribution is 2.34. The number of fused-ring (bicyclic) bond motifs is 1. The number of carbonyl (C=O) groups is 1. The third-order valence-corrected chi connectivity index (χ3v) is 5.74. The summed E-state index contributed by atoms with van der Waals surface area (Å²) in [7, 11) is 0. The molecule has 9 heteroatoms. The number of hydrogen-bond donors (Lipinski definition) is 0. The number of rotatable bonds is 7. The predicted molar refractivity (Wildman–Crippen MR) is 122 cm³/mol. The zero-order valence-corrected chi connectivity index (χ0v) is 18.9. The van der Waals surface area contributed by atoms with Crippen LogP contribution in [0.4, 0.5) is 5.69 Å². The molecule has 0 bridgehead atoms. The van der Waals surface area contributed by atoms with E-state index < -0.39 is 4.92 Å². The van der Waals surface area contributed by atoms with Crippen LogP contribution in [-0.4, -0.2) is 45.3 Å². The maximum Gasteiger partial charge on any atom is 0.312 e. The Morgan fingerprint density at radius 3 is 2.55 bits per heavy atom. The number of benzene rings is 2. The highest BCUT2D eigenvalue weighted by molar-refractivity contribution is 5.94. The van der Waals surface area contributed by atoms with Crippen LogP contribution in [0, 0.1) is 24.0 Å². The highest BCUT2D eigenvalue weighted by Gasteiger charge is 2.23. The van der Waals surface area contributed by atoms with Gasteiger partial charge in [-0.15, -0.1) is 0 Å². The van der Waals surface area contributed by atoms with E-state index in [0.717, 1.165) is 11.1 Å². The molecule has 2 heterocycles. The molecule has 1 aliphatic heterocycles. The van der Waals surface area contributed by atoms with E-state index in [1.54, 1.807) is 35.6 Å². The van der Waals surface area contributed by atoms with E-state index >= 15 is 0 Å². The maximum atomic E-state index is 13.2. The third-order valence-electron chi connectivity index (χ3n) is 5.74. The summed E-state index contributed by atoms with van der Waals surface area (Å²) in [6, 6.07) is 13.0. The minimum absolute atomic E-state index is 0.0397. The van der Waals surface area contributed by atoms with Gasteiger partial charge in [0.05, 0.1) is 11.5 Å². The van der Waals surface area contributed by atoms with Crippen molar-refractivity contribution in [1.29, 1.82) is 0 Å². The lowest BCUT2D eigenvalue weighted by Gasteiger charge is -2.25. The van der Waals surface area contributed by atoms with Crippen LogP contribution in [0.2, 0.25) is 0 Å². The molecule has 33 heavy (non-hydrogen) atoms. The zero-order valence-electron chi connectivity index (χ0n) is 18.9. The number of nitro groups is 1. The summed E-state index contributed by atoms with van der Waals surface area (Å²) in [5.41, 5.74) is 3.32. The molecule has 9 nitrogen and oxygen atoms in total. The lowest BCUT2D eigenvalue weighted by atomic mass is 10.1. The molecule has 0 saturated heterocycles. The van der Waals surface area contributed by atoms with Gasteiger partial charge in [0.1, 0.15) is 24.6 Å². The van der Waals surface area contributed by atoms with Crippen LogP contribution in [0.15, 0.2) is 42.5 Å². The lowest BCUT2D eigenvalue weighted by Crippen LogP contribution is -2.31. The molecule has 4 rings (SSSR count). The minimum atomic E-state index is -0.406. The van der Waals surface area contributed by atoms with Gasteiger partial charge in [-0.2, -0.15) is 5.10 Å². The number of hydrogen-bond acceptors (Lipinski definition) is 6. The van der Waals surface area contributed by atoms with Crippen LogP contribution in [-0.2, 0) is 13.1 Å². The van der Waals surface area contributed by atoms with Gasteiger partial charge >= 0.3 is 5.69 Å². The van der Waals surface area contributed by atoms with Crippen molar-refractivity contribution in [1.82, 2.24) is 14.7 Å². The second-order valence-corrected chi connectivity index (χ2v) is 7.89. The number of aryl methyl sites for hydroxylation is 1. The van der Waals surface area contributed by atoms with E-state index in [1.165, 1.54) is 0 Å². The van der Waals surface area contributed by atoms with Gasteiger partial charge in [-0.25, -0.2) is 0 Å². The van der Waals surface area contributed by atoms with Crippen molar-refractivity contribution in [2.45, 2.75) is 33.9 Å². The number of aromatic nitrogens is 2. The molecule has 0 radical (unpaired) electrons. The Morgan fingerprint density at radius 2 is 1.88 bits per heavy atom. The standard InChI is InChI=1S/C24H26N4O5/c1-4-26(15-20-6-5-7-21-23(20)33-13-12-32-21)24(29)19-10-8-18(9-11-19)14-27-17(3)22(28(30)31)16(2)25-27/h5-11H,4,12-15H2,1-3H3. The molecule has 0 unspecified atom stereocenters. The van der Waals surface area contributed by atoms with Crippen molar-refractivity contribution in [3.63, 3.8) is 0 Å². The Kier molecular flexibility index (Phi) is 6.30. The van der Waals surface area contributed by atoms with Gasteiger partial charge in [0.25, 0.3) is 5.91 Å². The van der Waals surface area contributed by atoms with Crippen molar-refractivity contribution in [2.24, 2.45) is 0 Å². The van der Waals surface area contributed by atoms with Gasteiger partial charge in [0, 0.05) is 24.2 Å². The monoisotopic (exact) mass is 450 g/mol. The summed E-state index contributed by atoms with van der Waals surface area (Å²) in [6.07, 6.45) is 0. The molecule has 0 spiro atoms. The first-order chi connectivity index (χ1) is 15.9. The molecule has 0 fully saturated rings. The lowest BCUT2D eigenvalue weighted by molar-refractivity contribution is -0.386. The van der Waals surface area contributed by atoms with E-state index in [2.05, 4.69) is 5.10 Å². The van der Waals surface area contributed by atoms with Crippen LogP contribution in [0.5, 0.6) is 11.5 Å². The summed E-state index contributed by atoms with van der Waals surface area (Å²) >= 11 is 0. The van der Waals surface area contributed by atoms with E-state index in [9.17, 15) is 14.9 Å². The molecule has 0 atom stereocenters. The van der Waals surface area contributed by atoms with Crippen LogP contribution in [0.25, 0.3) is 0 Å². The Labute approximate surface area is 191 Å². The first-order valence-electron chi connectivity index (χ1n) is 10.8. The van der Waals surface area contributed by atoms with Crippen molar-refractivity contribution < 1.29 is 19.2 Å². The number of para-hydroxylation sites is 1. The van der Waals surface area contributed by atoms with Gasteiger partial charge in [-0.05, 0) is 44.5 Å². The van der Waals surface area contributed by atoms with Gasteiger partial charge in [0.2, 0.25) is 0 Å². The van der Waals surface area contributed by atoms with Crippen molar-refractivity contribution in [2.75, 3.05) is 19.8 Å². The molecule has 0 aliphatic carbocycles. The summed E-state index contributed by atoms with van der Waals surface area (Å²) in [5.74, 6) is 1.32. The molecule has 1 aliphatic rings. The highest BCUT2D eigenvalue weighted by atomic mass is 16.6. The van der Waals surface area contributed by atoms with E-state index in [4.69, 9.17) is 9.47 Å². The van der Waals surface area contributed by atoms with Crippen molar-refractivity contribution >= 4 is 11.6 Å². The molecule has 0 N–H and O–H groups in total. The average Bonchev–Trinajstić information content (AvgIpc) is 3.10. The fraction of sp³-hybridized carbons (Fsp3) is 0.333. The summed E-state index contributed by atoms with van der Waals surface area (Å²) in [5, 5.41) is 15.5. The first-order valence-corrected chi connectivity index (χ1v) is 10.8. The molecule has 172 valence electrons. The largest absolute Gasteiger partial charge is 0.486 e. The molecule has 0 saturated carbocycles. The molecule has 2 aromatic carbocycles. The fourth-order valence-corrected chi connectivity index (χ4v) is 4.01. The van der Waals surface area contributed by atoms with Crippen LogP contribution in [0.3, 0.4) is 0 Å².